The minimum absolute atomic E-state index is 0.114. The molecule has 1 amide bonds. The van der Waals surface area contributed by atoms with Crippen molar-refractivity contribution in [2.45, 2.75) is 6.18 Å². The Morgan fingerprint density at radius 1 is 1.16 bits per heavy atom. The molecule has 0 radical (unpaired) electrons. The molecule has 1 aliphatic heterocycles. The van der Waals surface area contributed by atoms with Crippen LogP contribution in [0.3, 0.4) is 0 Å². The SMILES string of the molecule is O=C(c1cc(Nc2ccccc2C(F)(F)F)ncn1)N1CCOCC1. The molecule has 0 spiro atoms. The number of morpholine rings is 1. The van der Waals surface area contributed by atoms with Crippen LogP contribution in [0.5, 0.6) is 0 Å². The van der Waals surface area contributed by atoms with Gasteiger partial charge >= 0.3 is 6.18 Å². The summed E-state index contributed by atoms with van der Waals surface area (Å²) in [5.74, 6) is -0.193. The highest BCUT2D eigenvalue weighted by Gasteiger charge is 2.33. The zero-order valence-corrected chi connectivity index (χ0v) is 13.1. The molecular formula is C16H15F3N4O2. The van der Waals surface area contributed by atoms with Crippen molar-refractivity contribution in [3.63, 3.8) is 0 Å². The van der Waals surface area contributed by atoms with Gasteiger partial charge in [-0.05, 0) is 12.1 Å². The maximum atomic E-state index is 13.1. The van der Waals surface area contributed by atoms with E-state index in [-0.39, 0.29) is 23.1 Å². The molecule has 132 valence electrons. The molecule has 25 heavy (non-hydrogen) atoms. The molecule has 0 atom stereocenters. The Balaban J connectivity index is 1.82. The zero-order chi connectivity index (χ0) is 17.9. The molecule has 2 heterocycles. The minimum Gasteiger partial charge on any atom is -0.378 e. The number of carbonyl (C=O) groups excluding carboxylic acids is 1. The van der Waals surface area contributed by atoms with Crippen LogP contribution in [0.15, 0.2) is 36.7 Å². The molecule has 0 saturated carbocycles. The quantitative estimate of drug-likeness (QED) is 0.920. The van der Waals surface area contributed by atoms with Gasteiger partial charge in [-0.2, -0.15) is 13.2 Å². The molecule has 0 bridgehead atoms. The highest BCUT2D eigenvalue weighted by atomic mass is 19.4. The number of hydrogen-bond donors (Lipinski definition) is 1. The fourth-order valence-electron chi connectivity index (χ4n) is 2.45. The zero-order valence-electron chi connectivity index (χ0n) is 13.1. The monoisotopic (exact) mass is 352 g/mol. The van der Waals surface area contributed by atoms with E-state index in [2.05, 4.69) is 15.3 Å². The van der Waals surface area contributed by atoms with Crippen molar-refractivity contribution < 1.29 is 22.7 Å². The molecule has 6 nitrogen and oxygen atoms in total. The number of para-hydroxylation sites is 1. The van der Waals surface area contributed by atoms with E-state index in [1.807, 2.05) is 0 Å². The number of anilines is 2. The number of nitrogens with one attached hydrogen (secondary N) is 1. The van der Waals surface area contributed by atoms with Gasteiger partial charge in [-0.3, -0.25) is 4.79 Å². The molecule has 1 aromatic heterocycles. The van der Waals surface area contributed by atoms with Crippen molar-refractivity contribution in [3.8, 4) is 0 Å². The van der Waals surface area contributed by atoms with Crippen molar-refractivity contribution >= 4 is 17.4 Å². The molecule has 1 N–H and O–H groups in total. The average Bonchev–Trinajstić information content (AvgIpc) is 2.62. The molecule has 1 fully saturated rings. The lowest BCUT2D eigenvalue weighted by atomic mass is 10.1. The molecule has 2 aromatic rings. The van der Waals surface area contributed by atoms with Gasteiger partial charge in [0.15, 0.2) is 0 Å². The lowest BCUT2D eigenvalue weighted by Gasteiger charge is -2.26. The Hall–Kier alpha value is -2.68. The van der Waals surface area contributed by atoms with E-state index in [1.54, 1.807) is 4.90 Å². The molecular weight excluding hydrogens is 337 g/mol. The van der Waals surface area contributed by atoms with Crippen LogP contribution in [0, 0.1) is 0 Å². The number of aromatic nitrogens is 2. The van der Waals surface area contributed by atoms with Crippen LogP contribution in [-0.2, 0) is 10.9 Å². The van der Waals surface area contributed by atoms with E-state index in [1.165, 1.54) is 24.3 Å². The van der Waals surface area contributed by atoms with E-state index in [4.69, 9.17) is 4.74 Å². The number of alkyl halides is 3. The Kier molecular flexibility index (Phi) is 4.84. The Morgan fingerprint density at radius 2 is 1.88 bits per heavy atom. The molecule has 3 rings (SSSR count). The molecule has 1 aliphatic rings. The minimum atomic E-state index is -4.50. The second kappa shape index (κ2) is 7.06. The van der Waals surface area contributed by atoms with E-state index in [9.17, 15) is 18.0 Å². The van der Waals surface area contributed by atoms with Crippen molar-refractivity contribution in [1.82, 2.24) is 14.9 Å². The smallest absolute Gasteiger partial charge is 0.378 e. The Bertz CT molecular complexity index is 761. The predicted octanol–water partition coefficient (Wildman–Crippen LogP) is 2.71. The number of hydrogen-bond acceptors (Lipinski definition) is 5. The van der Waals surface area contributed by atoms with Crippen LogP contribution in [0.2, 0.25) is 0 Å². The van der Waals surface area contributed by atoms with Gasteiger partial charge in [0.25, 0.3) is 5.91 Å². The molecule has 1 saturated heterocycles. The first kappa shape index (κ1) is 17.2. The lowest BCUT2D eigenvalue weighted by Crippen LogP contribution is -2.41. The summed E-state index contributed by atoms with van der Waals surface area (Å²) in [7, 11) is 0. The summed E-state index contributed by atoms with van der Waals surface area (Å²) >= 11 is 0. The average molecular weight is 352 g/mol. The van der Waals surface area contributed by atoms with Crippen molar-refractivity contribution in [1.29, 1.82) is 0 Å². The van der Waals surface area contributed by atoms with Gasteiger partial charge in [-0.15, -0.1) is 0 Å². The summed E-state index contributed by atoms with van der Waals surface area (Å²) in [5, 5.41) is 2.61. The second-order valence-corrected chi connectivity index (χ2v) is 5.36. The number of benzene rings is 1. The fraction of sp³-hybridized carbons (Fsp3) is 0.312. The van der Waals surface area contributed by atoms with Crippen LogP contribution in [0.1, 0.15) is 16.1 Å². The number of amides is 1. The maximum absolute atomic E-state index is 13.1. The summed E-state index contributed by atoms with van der Waals surface area (Å²) < 4.78 is 44.4. The normalized spacial score (nSPS) is 15.1. The van der Waals surface area contributed by atoms with Gasteiger partial charge in [0, 0.05) is 19.2 Å². The van der Waals surface area contributed by atoms with Gasteiger partial charge in [0.05, 0.1) is 24.5 Å². The number of halogens is 3. The fourth-order valence-corrected chi connectivity index (χ4v) is 2.45. The highest BCUT2D eigenvalue weighted by Crippen LogP contribution is 2.35. The molecule has 0 unspecified atom stereocenters. The summed E-state index contributed by atoms with van der Waals surface area (Å²) in [5.41, 5.74) is -0.836. The molecule has 0 aliphatic carbocycles. The first-order valence-corrected chi connectivity index (χ1v) is 7.57. The maximum Gasteiger partial charge on any atom is 0.418 e. The Labute approximate surface area is 141 Å². The van der Waals surface area contributed by atoms with Gasteiger partial charge in [-0.1, -0.05) is 12.1 Å². The van der Waals surface area contributed by atoms with Crippen LogP contribution in [0.25, 0.3) is 0 Å². The van der Waals surface area contributed by atoms with Crippen molar-refractivity contribution in [2.75, 3.05) is 31.6 Å². The molecule has 1 aromatic carbocycles. The summed E-state index contributed by atoms with van der Waals surface area (Å²) in [4.78, 5) is 21.8. The first-order chi connectivity index (χ1) is 11.9. The first-order valence-electron chi connectivity index (χ1n) is 7.57. The van der Waals surface area contributed by atoms with Crippen LogP contribution >= 0.6 is 0 Å². The van der Waals surface area contributed by atoms with E-state index in [0.29, 0.717) is 26.3 Å². The van der Waals surface area contributed by atoms with Crippen LogP contribution < -0.4 is 5.32 Å². The standard InChI is InChI=1S/C16H15F3N4O2/c17-16(18,19)11-3-1-2-4-12(11)22-14-9-13(20-10-21-14)15(24)23-5-7-25-8-6-23/h1-4,9-10H,5-8H2,(H,20,21,22). The van der Waals surface area contributed by atoms with E-state index in [0.717, 1.165) is 12.4 Å². The van der Waals surface area contributed by atoms with Gasteiger partial charge in [0.1, 0.15) is 17.8 Å². The van der Waals surface area contributed by atoms with Crippen LogP contribution in [0.4, 0.5) is 24.7 Å². The third-order valence-electron chi connectivity index (χ3n) is 3.68. The summed E-state index contributed by atoms with van der Waals surface area (Å²) in [6.45, 7) is 1.78. The topological polar surface area (TPSA) is 67.4 Å². The largest absolute Gasteiger partial charge is 0.418 e. The highest BCUT2D eigenvalue weighted by molar-refractivity contribution is 5.93. The number of rotatable bonds is 3. The van der Waals surface area contributed by atoms with Crippen LogP contribution in [-0.4, -0.2) is 47.1 Å². The second-order valence-electron chi connectivity index (χ2n) is 5.36. The third kappa shape index (κ3) is 4.05. The number of carbonyl (C=O) groups is 1. The molecule has 9 heteroatoms. The number of ether oxygens (including phenoxy) is 1. The van der Waals surface area contributed by atoms with Gasteiger partial charge < -0.3 is 15.0 Å². The van der Waals surface area contributed by atoms with Gasteiger partial charge in [-0.25, -0.2) is 9.97 Å². The lowest BCUT2D eigenvalue weighted by molar-refractivity contribution is -0.136. The summed E-state index contributed by atoms with van der Waals surface area (Å²) in [6, 6.07) is 6.41. The van der Waals surface area contributed by atoms with E-state index >= 15 is 0 Å². The predicted molar refractivity (Wildman–Crippen MR) is 83.5 cm³/mol. The van der Waals surface area contributed by atoms with Crippen molar-refractivity contribution in [3.05, 3.63) is 47.9 Å². The van der Waals surface area contributed by atoms with Gasteiger partial charge in [0.2, 0.25) is 0 Å². The van der Waals surface area contributed by atoms with E-state index < -0.39 is 11.7 Å². The Morgan fingerprint density at radius 3 is 2.60 bits per heavy atom. The third-order valence-corrected chi connectivity index (χ3v) is 3.68. The number of nitrogens with zero attached hydrogens (tertiary/aromatic N) is 3. The van der Waals surface area contributed by atoms with Crippen molar-refractivity contribution in [2.24, 2.45) is 0 Å². The summed E-state index contributed by atoms with van der Waals surface area (Å²) in [6.07, 6.45) is -3.35.